The maximum atomic E-state index is 14.0. The predicted molar refractivity (Wildman–Crippen MR) is 192 cm³/mol. The molecule has 0 radical (unpaired) electrons. The Balaban J connectivity index is 1.40. The van der Waals surface area contributed by atoms with Crippen LogP contribution in [-0.4, -0.2) is 73.9 Å². The van der Waals surface area contributed by atoms with E-state index < -0.39 is 30.8 Å². The van der Waals surface area contributed by atoms with Gasteiger partial charge in [0.15, 0.2) is 0 Å². The van der Waals surface area contributed by atoms with Crippen molar-refractivity contribution in [2.75, 3.05) is 18.5 Å². The predicted octanol–water partition coefficient (Wildman–Crippen LogP) is 6.37. The van der Waals surface area contributed by atoms with Gasteiger partial charge >= 0.3 is 16.4 Å². The van der Waals surface area contributed by atoms with Crippen molar-refractivity contribution < 1.29 is 31.7 Å². The first-order valence-electron chi connectivity index (χ1n) is 16.7. The van der Waals surface area contributed by atoms with E-state index in [9.17, 15) is 23.1 Å². The van der Waals surface area contributed by atoms with Crippen LogP contribution in [0, 0.1) is 5.92 Å². The van der Waals surface area contributed by atoms with Crippen LogP contribution in [0.5, 0.6) is 0 Å². The van der Waals surface area contributed by atoms with Crippen LogP contribution in [-0.2, 0) is 25.3 Å². The van der Waals surface area contributed by atoms with Crippen LogP contribution in [0.25, 0.3) is 0 Å². The van der Waals surface area contributed by atoms with Crippen molar-refractivity contribution in [3.63, 3.8) is 0 Å². The van der Waals surface area contributed by atoms with E-state index in [1.807, 2.05) is 29.6 Å². The maximum Gasteiger partial charge on any atom is 0.408 e. The quantitative estimate of drug-likeness (QED) is 0.133. The van der Waals surface area contributed by atoms with Crippen molar-refractivity contribution in [1.82, 2.24) is 14.9 Å². The number of carbonyl (C=O) groups excluding carboxylic acids is 1. The van der Waals surface area contributed by atoms with Gasteiger partial charge in [-0.2, -0.15) is 8.42 Å². The Morgan fingerprint density at radius 1 is 1.12 bits per heavy atom. The van der Waals surface area contributed by atoms with Crippen molar-refractivity contribution in [1.29, 1.82) is 0 Å². The molecule has 1 aliphatic heterocycles. The number of nitrogens with zero attached hydrogens (tertiary/aromatic N) is 3. The number of carbonyl (C=O) groups is 2. The van der Waals surface area contributed by atoms with Gasteiger partial charge in [-0.1, -0.05) is 65.8 Å². The zero-order chi connectivity index (χ0) is 35.7. The van der Waals surface area contributed by atoms with Gasteiger partial charge in [0.1, 0.15) is 12.1 Å². The highest BCUT2D eigenvalue weighted by molar-refractivity contribution is 7.84. The number of benzene rings is 1. The summed E-state index contributed by atoms with van der Waals surface area (Å²) in [7, 11) is -6.48. The summed E-state index contributed by atoms with van der Waals surface area (Å²) in [6.45, 7) is 13.5. The number of nitrogens with one attached hydrogen (secondary N) is 1. The lowest BCUT2D eigenvalue weighted by molar-refractivity contribution is 0.103. The number of hydrogen-bond acceptors (Lipinski definition) is 10. The average molecular weight is 730 g/mol. The molecule has 1 aromatic carbocycles. The lowest BCUT2D eigenvalue weighted by atomic mass is 9.89. The SMILES string of the molecule is CC(C)[Si](O[C@H]1C[C@H](Nc2ncncc2C(=O)c2cc([C@H]3c4ccccc4CCN3C(=O)O)cs2)C[C@@H]1COS(N)(=O)=O)(C(C)C)C(C)C. The molecule has 2 aromatic heterocycles. The number of fused-ring (bicyclic) bond motifs is 1. The number of nitrogens with two attached hydrogens (primary N) is 1. The standard InChI is InChI=1S/C34H47N5O7S2Si/c1-20(2)49(21(3)4,22(5)6)46-29-15-26(13-24(29)17-45-48(35,43)44)38-33-28(16-36-19-37-33)32(40)30-14-25(18-47-30)31-27-10-8-7-9-23(27)11-12-39(31)34(41)42/h7-10,14,16,18-22,24,26,29,31H,11-13,15,17H2,1-6H3,(H,41,42)(H2,35,43,44)(H,36,37,38)/t24-,26-,29+,31+/m1/s1. The van der Waals surface area contributed by atoms with Gasteiger partial charge in [0, 0.05) is 24.7 Å². The highest BCUT2D eigenvalue weighted by atomic mass is 32.2. The van der Waals surface area contributed by atoms with E-state index in [0.717, 1.165) is 16.7 Å². The highest BCUT2D eigenvalue weighted by Crippen LogP contribution is 2.46. The molecule has 1 saturated carbocycles. The number of hydrogen-bond donors (Lipinski definition) is 3. The average Bonchev–Trinajstić information content (AvgIpc) is 3.68. The summed E-state index contributed by atoms with van der Waals surface area (Å²) in [5.74, 6) is -0.173. The second kappa shape index (κ2) is 15.0. The third-order valence-corrected chi connectivity index (χ3v) is 17.7. The minimum absolute atomic E-state index is 0.106. The molecule has 1 fully saturated rings. The van der Waals surface area contributed by atoms with E-state index in [-0.39, 0.29) is 36.0 Å². The van der Waals surface area contributed by atoms with Crippen LogP contribution in [0.15, 0.2) is 48.2 Å². The van der Waals surface area contributed by atoms with Crippen LogP contribution in [0.4, 0.5) is 10.6 Å². The van der Waals surface area contributed by atoms with Crippen molar-refractivity contribution in [2.24, 2.45) is 11.1 Å². The molecule has 3 aromatic rings. The Hall–Kier alpha value is -3.21. The van der Waals surface area contributed by atoms with E-state index in [4.69, 9.17) is 13.7 Å². The summed E-state index contributed by atoms with van der Waals surface area (Å²) in [6, 6.07) is 8.85. The Morgan fingerprint density at radius 3 is 2.47 bits per heavy atom. The number of amides is 1. The summed E-state index contributed by atoms with van der Waals surface area (Å²) < 4.78 is 35.8. The maximum absolute atomic E-state index is 14.0. The van der Waals surface area contributed by atoms with Crippen molar-refractivity contribution >= 4 is 47.7 Å². The molecule has 4 N–H and O–H groups in total. The fourth-order valence-electron chi connectivity index (χ4n) is 8.06. The lowest BCUT2D eigenvalue weighted by Gasteiger charge is -2.45. The van der Waals surface area contributed by atoms with Gasteiger partial charge in [-0.05, 0) is 64.0 Å². The molecule has 12 nitrogen and oxygen atoms in total. The fourth-order valence-corrected chi connectivity index (χ4v) is 14.9. The number of anilines is 1. The first-order chi connectivity index (χ1) is 23.1. The summed E-state index contributed by atoms with van der Waals surface area (Å²) in [6.07, 6.45) is 3.27. The van der Waals surface area contributed by atoms with Crippen LogP contribution in [0.2, 0.25) is 16.6 Å². The zero-order valence-electron chi connectivity index (χ0n) is 28.8. The van der Waals surface area contributed by atoms with Gasteiger partial charge in [0.25, 0.3) is 0 Å². The normalized spacial score (nSPS) is 21.4. The number of rotatable bonds is 13. The molecule has 1 amide bonds. The molecule has 5 rings (SSSR count). The fraction of sp³-hybridized carbons (Fsp3) is 0.529. The number of aromatic nitrogens is 2. The topological polar surface area (TPSA) is 174 Å². The summed E-state index contributed by atoms with van der Waals surface area (Å²) in [5.41, 5.74) is 4.00. The van der Waals surface area contributed by atoms with Crippen molar-refractivity contribution in [2.45, 2.75) is 95.6 Å². The second-order valence-corrected chi connectivity index (χ2v) is 21.5. The van der Waals surface area contributed by atoms with Crippen LogP contribution in [0.1, 0.15) is 92.4 Å². The van der Waals surface area contributed by atoms with Gasteiger partial charge in [-0.25, -0.2) is 19.9 Å². The lowest BCUT2D eigenvalue weighted by Crippen LogP contribution is -2.51. The summed E-state index contributed by atoms with van der Waals surface area (Å²) >= 11 is 1.26. The molecule has 0 saturated heterocycles. The van der Waals surface area contributed by atoms with E-state index >= 15 is 0 Å². The number of thiophene rings is 1. The third-order valence-electron chi connectivity index (χ3n) is 10.1. The molecule has 1 aliphatic carbocycles. The first-order valence-corrected chi connectivity index (χ1v) is 21.2. The monoisotopic (exact) mass is 729 g/mol. The van der Waals surface area contributed by atoms with Crippen molar-refractivity contribution in [3.05, 3.63) is 75.4 Å². The van der Waals surface area contributed by atoms with E-state index in [0.29, 0.717) is 53.1 Å². The summed E-state index contributed by atoms with van der Waals surface area (Å²) in [4.78, 5) is 36.7. The molecule has 266 valence electrons. The number of carboxylic acid groups (broad SMARTS) is 1. The summed E-state index contributed by atoms with van der Waals surface area (Å²) in [5, 5.41) is 20.5. The van der Waals surface area contributed by atoms with Gasteiger partial charge < -0.3 is 14.8 Å². The largest absolute Gasteiger partial charge is 0.465 e. The van der Waals surface area contributed by atoms with Crippen molar-refractivity contribution in [3.8, 4) is 0 Å². The van der Waals surface area contributed by atoms with Crippen LogP contribution in [0.3, 0.4) is 0 Å². The molecule has 49 heavy (non-hydrogen) atoms. The number of ketones is 1. The molecule has 0 bridgehead atoms. The van der Waals surface area contributed by atoms with E-state index in [1.165, 1.54) is 28.8 Å². The molecular weight excluding hydrogens is 683 g/mol. The zero-order valence-corrected chi connectivity index (χ0v) is 31.5. The van der Waals surface area contributed by atoms with E-state index in [1.54, 1.807) is 6.07 Å². The van der Waals surface area contributed by atoms with Crippen LogP contribution < -0.4 is 10.5 Å². The van der Waals surface area contributed by atoms with Crippen LogP contribution >= 0.6 is 11.3 Å². The Kier molecular flexibility index (Phi) is 11.3. The minimum atomic E-state index is -4.15. The van der Waals surface area contributed by atoms with Gasteiger partial charge in [-0.15, -0.1) is 11.3 Å². The molecule has 3 heterocycles. The Morgan fingerprint density at radius 2 is 1.82 bits per heavy atom. The smallest absolute Gasteiger partial charge is 0.408 e. The molecule has 15 heteroatoms. The third kappa shape index (κ3) is 7.91. The minimum Gasteiger partial charge on any atom is -0.465 e. The highest BCUT2D eigenvalue weighted by Gasteiger charge is 2.49. The molecule has 2 aliphatic rings. The molecule has 4 atom stereocenters. The molecule has 0 spiro atoms. The van der Waals surface area contributed by atoms with Gasteiger partial charge in [0.05, 0.1) is 29.2 Å². The first kappa shape index (κ1) is 37.1. The Labute approximate surface area is 293 Å². The van der Waals surface area contributed by atoms with E-state index in [2.05, 4.69) is 56.8 Å². The second-order valence-electron chi connectivity index (χ2n) is 14.0. The van der Waals surface area contributed by atoms with Gasteiger partial charge in [0.2, 0.25) is 14.1 Å². The molecule has 0 unspecified atom stereocenters. The Bertz CT molecular complexity index is 1740. The molecular formula is C34H47N5O7S2Si. The van der Waals surface area contributed by atoms with Gasteiger partial charge in [-0.3, -0.25) is 13.9 Å².